The summed E-state index contributed by atoms with van der Waals surface area (Å²) in [6.07, 6.45) is 2.74. The second kappa shape index (κ2) is 5.55. The first kappa shape index (κ1) is 14.7. The highest BCUT2D eigenvalue weighted by atomic mass is 16.4. The van der Waals surface area contributed by atoms with E-state index in [1.807, 2.05) is 13.8 Å². The van der Waals surface area contributed by atoms with E-state index in [9.17, 15) is 9.59 Å². The van der Waals surface area contributed by atoms with E-state index in [1.54, 1.807) is 0 Å². The molecule has 0 saturated heterocycles. The Morgan fingerprint density at radius 2 is 1.94 bits per heavy atom. The number of allylic oxidation sites excluding steroid dienone is 2. The van der Waals surface area contributed by atoms with Gasteiger partial charge in [0, 0.05) is 13.0 Å². The molecule has 4 heteroatoms. The third kappa shape index (κ3) is 3.59. The van der Waals surface area contributed by atoms with Crippen molar-refractivity contribution in [1.29, 1.82) is 0 Å². The van der Waals surface area contributed by atoms with Crippen molar-refractivity contribution in [1.82, 2.24) is 5.32 Å². The quantitative estimate of drug-likeness (QED) is 0.563. The second-order valence-corrected chi connectivity index (χ2v) is 5.86. The van der Waals surface area contributed by atoms with Crippen molar-refractivity contribution in [3.05, 3.63) is 11.6 Å². The molecule has 4 nitrogen and oxygen atoms in total. The Balaban J connectivity index is 2.39. The van der Waals surface area contributed by atoms with Crippen molar-refractivity contribution in [2.24, 2.45) is 17.3 Å². The Morgan fingerprint density at radius 1 is 1.33 bits per heavy atom. The lowest BCUT2D eigenvalue weighted by Gasteiger charge is -2.04. The number of hydrogen-bond acceptors (Lipinski definition) is 2. The second-order valence-electron chi connectivity index (χ2n) is 5.86. The summed E-state index contributed by atoms with van der Waals surface area (Å²) in [6, 6.07) is 0. The molecule has 1 amide bonds. The maximum absolute atomic E-state index is 12.0. The van der Waals surface area contributed by atoms with Gasteiger partial charge in [0.15, 0.2) is 0 Å². The van der Waals surface area contributed by atoms with Gasteiger partial charge < -0.3 is 10.4 Å². The van der Waals surface area contributed by atoms with Crippen molar-refractivity contribution >= 4 is 11.9 Å². The fourth-order valence-electron chi connectivity index (χ4n) is 2.41. The normalized spacial score (nSPS) is 24.2. The highest BCUT2D eigenvalue weighted by molar-refractivity contribution is 5.83. The molecule has 0 aliphatic heterocycles. The molecule has 0 aromatic rings. The zero-order valence-electron chi connectivity index (χ0n) is 11.6. The number of carboxylic acids is 1. The van der Waals surface area contributed by atoms with Gasteiger partial charge in [-0.1, -0.05) is 25.5 Å². The lowest BCUT2D eigenvalue weighted by atomic mass is 10.1. The number of nitrogens with one attached hydrogen (secondary N) is 1. The molecule has 2 N–H and O–H groups in total. The topological polar surface area (TPSA) is 66.4 Å². The Bertz CT molecular complexity index is 367. The highest BCUT2D eigenvalue weighted by Gasteiger charge is 2.60. The summed E-state index contributed by atoms with van der Waals surface area (Å²) in [7, 11) is 0. The third-order valence-electron chi connectivity index (χ3n) is 3.57. The van der Waals surface area contributed by atoms with Crippen molar-refractivity contribution < 1.29 is 14.7 Å². The summed E-state index contributed by atoms with van der Waals surface area (Å²) in [4.78, 5) is 22.3. The monoisotopic (exact) mass is 253 g/mol. The zero-order valence-corrected chi connectivity index (χ0v) is 11.6. The van der Waals surface area contributed by atoms with Crippen LogP contribution < -0.4 is 5.32 Å². The molecule has 1 saturated carbocycles. The summed E-state index contributed by atoms with van der Waals surface area (Å²) < 4.78 is 0. The predicted octanol–water partition coefficient (Wildman–Crippen LogP) is 2.21. The van der Waals surface area contributed by atoms with Crippen LogP contribution in [0.15, 0.2) is 11.6 Å². The maximum atomic E-state index is 12.0. The molecular formula is C14H23NO3. The van der Waals surface area contributed by atoms with Gasteiger partial charge in [-0.05, 0) is 31.6 Å². The number of carbonyl (C=O) groups is 2. The third-order valence-corrected chi connectivity index (χ3v) is 3.57. The molecule has 2 atom stereocenters. The molecule has 0 bridgehead atoms. The molecular weight excluding hydrogens is 230 g/mol. The van der Waals surface area contributed by atoms with E-state index in [1.165, 1.54) is 5.57 Å². The first-order valence-corrected chi connectivity index (χ1v) is 6.41. The molecule has 0 heterocycles. The predicted molar refractivity (Wildman–Crippen MR) is 70.1 cm³/mol. The lowest BCUT2D eigenvalue weighted by molar-refractivity contribution is -0.137. The van der Waals surface area contributed by atoms with Crippen molar-refractivity contribution in [3.63, 3.8) is 0 Å². The van der Waals surface area contributed by atoms with Gasteiger partial charge in [0.1, 0.15) is 0 Å². The van der Waals surface area contributed by atoms with Gasteiger partial charge in [-0.3, -0.25) is 9.59 Å². The van der Waals surface area contributed by atoms with Crippen LogP contribution in [-0.2, 0) is 9.59 Å². The van der Waals surface area contributed by atoms with E-state index < -0.39 is 5.97 Å². The highest BCUT2D eigenvalue weighted by Crippen LogP contribution is 2.59. The van der Waals surface area contributed by atoms with Crippen LogP contribution in [0.25, 0.3) is 0 Å². The van der Waals surface area contributed by atoms with Crippen LogP contribution in [0.1, 0.15) is 40.5 Å². The van der Waals surface area contributed by atoms with Crippen LogP contribution in [0.2, 0.25) is 0 Å². The number of carboxylic acid groups (broad SMARTS) is 1. The van der Waals surface area contributed by atoms with E-state index in [4.69, 9.17) is 5.11 Å². The van der Waals surface area contributed by atoms with Gasteiger partial charge in [-0.25, -0.2) is 0 Å². The molecule has 1 aliphatic carbocycles. The Labute approximate surface area is 108 Å². The molecule has 0 aromatic heterocycles. The van der Waals surface area contributed by atoms with Crippen LogP contribution in [0.5, 0.6) is 0 Å². The molecule has 1 fully saturated rings. The van der Waals surface area contributed by atoms with Crippen molar-refractivity contribution in [2.75, 3.05) is 6.54 Å². The number of aliphatic carboxylic acids is 1. The zero-order chi connectivity index (χ0) is 13.9. The van der Waals surface area contributed by atoms with E-state index in [-0.39, 0.29) is 23.7 Å². The van der Waals surface area contributed by atoms with E-state index >= 15 is 0 Å². The average Bonchev–Trinajstić information content (AvgIpc) is 2.74. The first-order valence-electron chi connectivity index (χ1n) is 6.41. The summed E-state index contributed by atoms with van der Waals surface area (Å²) in [5.41, 5.74) is 1.25. The van der Waals surface area contributed by atoms with E-state index in [0.717, 1.165) is 0 Å². The fraction of sp³-hybridized carbons (Fsp3) is 0.714. The summed E-state index contributed by atoms with van der Waals surface area (Å²) in [6.45, 7) is 8.71. The lowest BCUT2D eigenvalue weighted by Crippen LogP contribution is -2.28. The van der Waals surface area contributed by atoms with E-state index in [0.29, 0.717) is 18.9 Å². The molecule has 102 valence electrons. The molecule has 18 heavy (non-hydrogen) atoms. The van der Waals surface area contributed by atoms with E-state index in [2.05, 4.69) is 25.2 Å². The molecule has 0 unspecified atom stereocenters. The first-order chi connectivity index (χ1) is 8.26. The van der Waals surface area contributed by atoms with Crippen LogP contribution in [0.4, 0.5) is 0 Å². The van der Waals surface area contributed by atoms with Crippen LogP contribution >= 0.6 is 0 Å². The van der Waals surface area contributed by atoms with Crippen molar-refractivity contribution in [2.45, 2.75) is 40.5 Å². The molecule has 0 radical (unpaired) electrons. The molecule has 1 aliphatic rings. The number of carbonyl (C=O) groups excluding carboxylic acids is 1. The van der Waals surface area contributed by atoms with Gasteiger partial charge in [0.2, 0.25) is 5.91 Å². The summed E-state index contributed by atoms with van der Waals surface area (Å²) >= 11 is 0. The van der Waals surface area contributed by atoms with Crippen LogP contribution in [0.3, 0.4) is 0 Å². The van der Waals surface area contributed by atoms with Gasteiger partial charge in [0.05, 0.1) is 5.92 Å². The number of amides is 1. The molecule has 1 rings (SSSR count). The average molecular weight is 253 g/mol. The van der Waals surface area contributed by atoms with Gasteiger partial charge >= 0.3 is 5.97 Å². The van der Waals surface area contributed by atoms with Crippen LogP contribution in [-0.4, -0.2) is 23.5 Å². The van der Waals surface area contributed by atoms with Crippen molar-refractivity contribution in [3.8, 4) is 0 Å². The maximum Gasteiger partial charge on any atom is 0.303 e. The standard InChI is InChI=1S/C14H23NO3/c1-9(2)8-10-12(14(10,3)4)13(18)15-7-5-6-11(16)17/h8,10,12H,5-7H2,1-4H3,(H,15,18)(H,16,17)/t10-,12+/m0/s1. The molecule has 0 spiro atoms. The smallest absolute Gasteiger partial charge is 0.303 e. The minimum Gasteiger partial charge on any atom is -0.481 e. The Morgan fingerprint density at radius 3 is 2.44 bits per heavy atom. The Kier molecular flexibility index (Phi) is 4.54. The van der Waals surface area contributed by atoms with Gasteiger partial charge in [-0.15, -0.1) is 0 Å². The minimum atomic E-state index is -0.821. The minimum absolute atomic E-state index is 0.0220. The van der Waals surface area contributed by atoms with Crippen LogP contribution in [0, 0.1) is 17.3 Å². The summed E-state index contributed by atoms with van der Waals surface area (Å²) in [5.74, 6) is -0.439. The summed E-state index contributed by atoms with van der Waals surface area (Å²) in [5, 5.41) is 11.3. The number of rotatable bonds is 6. The largest absolute Gasteiger partial charge is 0.481 e. The molecule has 0 aromatic carbocycles. The number of hydrogen-bond donors (Lipinski definition) is 2. The van der Waals surface area contributed by atoms with Gasteiger partial charge in [-0.2, -0.15) is 0 Å². The Hall–Kier alpha value is -1.32. The van der Waals surface area contributed by atoms with Gasteiger partial charge in [0.25, 0.3) is 0 Å². The fourth-order valence-corrected chi connectivity index (χ4v) is 2.41. The SMILES string of the molecule is CC(C)=C[C@H]1[C@H](C(=O)NCCCC(=O)O)C1(C)C.